The van der Waals surface area contributed by atoms with Gasteiger partial charge in [0.05, 0.1) is 19.3 Å². The number of aliphatic hydroxyl groups excluding tert-OH is 1. The van der Waals surface area contributed by atoms with Crippen molar-refractivity contribution in [3.63, 3.8) is 0 Å². The number of aliphatic hydroxyl groups is 1. The number of ether oxygens (including phenoxy) is 1. The van der Waals surface area contributed by atoms with Gasteiger partial charge in [0.2, 0.25) is 0 Å². The van der Waals surface area contributed by atoms with Gasteiger partial charge in [0.25, 0.3) is 0 Å². The van der Waals surface area contributed by atoms with Gasteiger partial charge in [-0.25, -0.2) is 0 Å². The van der Waals surface area contributed by atoms with Crippen molar-refractivity contribution in [1.82, 2.24) is 0 Å². The Labute approximate surface area is 176 Å². The first-order chi connectivity index (χ1) is 13.0. The third-order valence-corrected chi connectivity index (χ3v) is 5.47. The van der Waals surface area contributed by atoms with Crippen molar-refractivity contribution in [2.45, 2.75) is 18.6 Å². The predicted octanol–water partition coefficient (Wildman–Crippen LogP) is 6.50. The molecular formula is C22H21Br2NO2. The Morgan fingerprint density at radius 2 is 1.33 bits per heavy atom. The highest BCUT2D eigenvalue weighted by atomic mass is 79.9. The largest absolute Gasteiger partial charge is 0.497 e. The summed E-state index contributed by atoms with van der Waals surface area (Å²) in [6, 6.07) is 23.7. The molecule has 0 aromatic heterocycles. The van der Waals surface area contributed by atoms with Crippen molar-refractivity contribution < 1.29 is 9.84 Å². The lowest BCUT2D eigenvalue weighted by molar-refractivity contribution is 0.160. The maximum atomic E-state index is 10.8. The van der Waals surface area contributed by atoms with E-state index in [0.717, 1.165) is 31.5 Å². The van der Waals surface area contributed by atoms with Crippen LogP contribution in [0.3, 0.4) is 0 Å². The molecule has 0 bridgehead atoms. The van der Waals surface area contributed by atoms with E-state index in [0.29, 0.717) is 6.42 Å². The molecule has 3 nitrogen and oxygen atoms in total. The highest BCUT2D eigenvalue weighted by Gasteiger charge is 2.18. The van der Waals surface area contributed by atoms with E-state index in [4.69, 9.17) is 4.74 Å². The molecule has 0 aliphatic rings. The van der Waals surface area contributed by atoms with Crippen molar-refractivity contribution in [1.29, 1.82) is 0 Å². The molecule has 3 aromatic rings. The average Bonchev–Trinajstić information content (AvgIpc) is 2.69. The zero-order chi connectivity index (χ0) is 19.2. The smallest absolute Gasteiger partial charge is 0.118 e. The first-order valence-electron chi connectivity index (χ1n) is 8.65. The lowest BCUT2D eigenvalue weighted by Crippen LogP contribution is -2.15. The van der Waals surface area contributed by atoms with Crippen LogP contribution in [0.25, 0.3) is 0 Å². The summed E-state index contributed by atoms with van der Waals surface area (Å²) in [7, 11) is 1.66. The van der Waals surface area contributed by atoms with Gasteiger partial charge in [0, 0.05) is 21.1 Å². The normalized spacial score (nSPS) is 13.0. The number of rotatable bonds is 7. The van der Waals surface area contributed by atoms with Gasteiger partial charge in [-0.1, -0.05) is 56.1 Å². The second kappa shape index (κ2) is 9.40. The summed E-state index contributed by atoms with van der Waals surface area (Å²) in [5.74, 6) is 0.814. The number of hydrogen-bond acceptors (Lipinski definition) is 3. The molecule has 0 aliphatic heterocycles. The third kappa shape index (κ3) is 5.58. The molecule has 0 aliphatic carbocycles. The van der Waals surface area contributed by atoms with Gasteiger partial charge in [-0.05, 0) is 59.7 Å². The van der Waals surface area contributed by atoms with Crippen LogP contribution in [0.5, 0.6) is 5.75 Å². The standard InChI is InChI=1S/C22H21Br2NO2/c1-27-20-12-4-15(5-13-20)21(25-19-10-8-18(24)9-11-19)14-22(26)16-2-6-17(23)7-3-16/h2-13,21-22,25-26H,14H2,1H3. The fourth-order valence-electron chi connectivity index (χ4n) is 2.91. The summed E-state index contributed by atoms with van der Waals surface area (Å²) in [5, 5.41) is 14.3. The zero-order valence-corrected chi connectivity index (χ0v) is 18.1. The highest BCUT2D eigenvalue weighted by molar-refractivity contribution is 9.10. The van der Waals surface area contributed by atoms with Crippen molar-refractivity contribution in [2.75, 3.05) is 12.4 Å². The first kappa shape index (κ1) is 19.9. The number of hydrogen-bond donors (Lipinski definition) is 2. The number of benzene rings is 3. The van der Waals surface area contributed by atoms with Gasteiger partial charge in [-0.15, -0.1) is 0 Å². The van der Waals surface area contributed by atoms with Crippen molar-refractivity contribution in [3.05, 3.63) is 92.9 Å². The number of nitrogens with one attached hydrogen (secondary N) is 1. The Hall–Kier alpha value is -1.82. The van der Waals surface area contributed by atoms with E-state index in [9.17, 15) is 5.11 Å². The van der Waals surface area contributed by atoms with Gasteiger partial charge in [-0.2, -0.15) is 0 Å². The van der Waals surface area contributed by atoms with Crippen LogP contribution in [0.4, 0.5) is 5.69 Å². The second-order valence-corrected chi connectivity index (χ2v) is 8.11. The Bertz CT molecular complexity index is 849. The van der Waals surface area contributed by atoms with E-state index in [2.05, 4.69) is 37.2 Å². The SMILES string of the molecule is COc1ccc(C(CC(O)c2ccc(Br)cc2)Nc2ccc(Br)cc2)cc1. The summed E-state index contributed by atoms with van der Waals surface area (Å²) in [4.78, 5) is 0. The molecule has 3 aromatic carbocycles. The van der Waals surface area contributed by atoms with Crippen LogP contribution >= 0.6 is 31.9 Å². The summed E-state index contributed by atoms with van der Waals surface area (Å²) in [6.07, 6.45) is -0.0301. The third-order valence-electron chi connectivity index (χ3n) is 4.42. The van der Waals surface area contributed by atoms with Gasteiger partial charge < -0.3 is 15.2 Å². The van der Waals surface area contributed by atoms with Gasteiger partial charge in [0.1, 0.15) is 5.75 Å². The topological polar surface area (TPSA) is 41.5 Å². The Balaban J connectivity index is 1.83. The van der Waals surface area contributed by atoms with Crippen LogP contribution in [0.15, 0.2) is 81.7 Å². The van der Waals surface area contributed by atoms with Crippen LogP contribution in [0, 0.1) is 0 Å². The molecule has 140 valence electrons. The monoisotopic (exact) mass is 489 g/mol. The summed E-state index contributed by atoms with van der Waals surface area (Å²) >= 11 is 6.90. The van der Waals surface area contributed by atoms with Crippen LogP contribution in [0.2, 0.25) is 0 Å². The zero-order valence-electron chi connectivity index (χ0n) is 14.9. The fourth-order valence-corrected chi connectivity index (χ4v) is 3.43. The minimum Gasteiger partial charge on any atom is -0.497 e. The Morgan fingerprint density at radius 3 is 1.89 bits per heavy atom. The molecule has 3 rings (SSSR count). The van der Waals surface area contributed by atoms with Gasteiger partial charge in [0.15, 0.2) is 0 Å². The molecule has 0 spiro atoms. The maximum absolute atomic E-state index is 10.8. The molecule has 5 heteroatoms. The summed E-state index contributed by atoms with van der Waals surface area (Å²) < 4.78 is 7.29. The molecule has 0 heterocycles. The van der Waals surface area contributed by atoms with Gasteiger partial charge in [-0.3, -0.25) is 0 Å². The molecule has 0 saturated carbocycles. The molecule has 2 N–H and O–H groups in total. The van der Waals surface area contributed by atoms with Crippen LogP contribution in [-0.4, -0.2) is 12.2 Å². The summed E-state index contributed by atoms with van der Waals surface area (Å²) in [5.41, 5.74) is 2.99. The van der Waals surface area contributed by atoms with Crippen molar-refractivity contribution in [2.24, 2.45) is 0 Å². The maximum Gasteiger partial charge on any atom is 0.118 e. The molecule has 0 saturated heterocycles. The lowest BCUT2D eigenvalue weighted by Gasteiger charge is -2.24. The van der Waals surface area contributed by atoms with E-state index in [-0.39, 0.29) is 6.04 Å². The molecule has 0 radical (unpaired) electrons. The highest BCUT2D eigenvalue weighted by Crippen LogP contribution is 2.31. The Kier molecular flexibility index (Phi) is 6.94. The average molecular weight is 491 g/mol. The number of halogens is 2. The van der Waals surface area contributed by atoms with E-state index < -0.39 is 6.10 Å². The van der Waals surface area contributed by atoms with Crippen LogP contribution in [0.1, 0.15) is 29.7 Å². The summed E-state index contributed by atoms with van der Waals surface area (Å²) in [6.45, 7) is 0. The molecule has 2 unspecified atom stereocenters. The number of anilines is 1. The molecule has 0 fully saturated rings. The van der Waals surface area contributed by atoms with Crippen LogP contribution < -0.4 is 10.1 Å². The van der Waals surface area contributed by atoms with E-state index in [1.807, 2.05) is 72.8 Å². The molecule has 2 atom stereocenters. The quantitative estimate of drug-likeness (QED) is 0.397. The van der Waals surface area contributed by atoms with Crippen molar-refractivity contribution >= 4 is 37.5 Å². The molecule has 0 amide bonds. The Morgan fingerprint density at radius 1 is 0.815 bits per heavy atom. The molecule has 27 heavy (non-hydrogen) atoms. The number of methoxy groups -OCH3 is 1. The van der Waals surface area contributed by atoms with E-state index >= 15 is 0 Å². The first-order valence-corrected chi connectivity index (χ1v) is 10.2. The van der Waals surface area contributed by atoms with E-state index in [1.54, 1.807) is 7.11 Å². The lowest BCUT2D eigenvalue weighted by atomic mass is 9.96. The van der Waals surface area contributed by atoms with Crippen LogP contribution in [-0.2, 0) is 0 Å². The fraction of sp³-hybridized carbons (Fsp3) is 0.182. The van der Waals surface area contributed by atoms with E-state index in [1.165, 1.54) is 0 Å². The molecular weight excluding hydrogens is 470 g/mol. The minimum absolute atomic E-state index is 0.0456. The van der Waals surface area contributed by atoms with Gasteiger partial charge >= 0.3 is 0 Å². The minimum atomic E-state index is -0.576. The second-order valence-electron chi connectivity index (χ2n) is 6.28. The predicted molar refractivity (Wildman–Crippen MR) is 117 cm³/mol. The van der Waals surface area contributed by atoms with Crippen molar-refractivity contribution in [3.8, 4) is 5.75 Å².